The van der Waals surface area contributed by atoms with E-state index < -0.39 is 17.8 Å². The fraction of sp³-hybridized carbons (Fsp3) is 0. The molecule has 0 bridgehead atoms. The lowest BCUT2D eigenvalue weighted by Gasteiger charge is -2.10. The van der Waals surface area contributed by atoms with E-state index in [1.54, 1.807) is 24.3 Å². The summed E-state index contributed by atoms with van der Waals surface area (Å²) in [7, 11) is 0. The van der Waals surface area contributed by atoms with Gasteiger partial charge in [0.15, 0.2) is 0 Å². The molecule has 0 heterocycles. The molecule has 3 N–H and O–H groups in total. The summed E-state index contributed by atoms with van der Waals surface area (Å²) in [6.07, 6.45) is 0. The Morgan fingerprint density at radius 2 is 1.36 bits per heavy atom. The molecule has 0 spiro atoms. The molecule has 0 aliphatic rings. The lowest BCUT2D eigenvalue weighted by atomic mass is 10.0. The van der Waals surface area contributed by atoms with Crippen LogP contribution in [0, 0.1) is 0 Å². The standard InChI is InChI=1S/C21H15NO6/c23-19(17-11-6-13(20(24)25)12-18(17)21(26)27)22-14-7-9-16(10-8-14)28-15-4-2-1-3-5-15/h1-12H,(H,22,23)(H,24,25)(H,26,27). The quantitative estimate of drug-likeness (QED) is 0.595. The van der Waals surface area contributed by atoms with Crippen LogP contribution in [0.3, 0.4) is 0 Å². The number of nitrogens with one attached hydrogen (secondary N) is 1. The van der Waals surface area contributed by atoms with E-state index in [-0.39, 0.29) is 16.7 Å². The largest absolute Gasteiger partial charge is 0.478 e. The monoisotopic (exact) mass is 377 g/mol. The van der Waals surface area contributed by atoms with Crippen LogP contribution < -0.4 is 10.1 Å². The zero-order chi connectivity index (χ0) is 20.1. The van der Waals surface area contributed by atoms with Gasteiger partial charge in [-0.25, -0.2) is 9.59 Å². The van der Waals surface area contributed by atoms with Crippen LogP contribution in [0.5, 0.6) is 11.5 Å². The maximum atomic E-state index is 12.4. The molecule has 3 aromatic rings. The molecule has 0 aliphatic heterocycles. The first-order valence-electron chi connectivity index (χ1n) is 8.19. The van der Waals surface area contributed by atoms with Crippen LogP contribution in [0.15, 0.2) is 72.8 Å². The maximum Gasteiger partial charge on any atom is 0.336 e. The second-order valence-corrected chi connectivity index (χ2v) is 5.76. The molecule has 3 aromatic carbocycles. The fourth-order valence-corrected chi connectivity index (χ4v) is 2.48. The molecule has 7 heteroatoms. The van der Waals surface area contributed by atoms with Gasteiger partial charge in [-0.3, -0.25) is 4.79 Å². The Kier molecular flexibility index (Phi) is 5.36. The fourth-order valence-electron chi connectivity index (χ4n) is 2.48. The second-order valence-electron chi connectivity index (χ2n) is 5.76. The number of carboxylic acid groups (broad SMARTS) is 2. The number of aromatic carboxylic acids is 2. The predicted molar refractivity (Wildman–Crippen MR) is 101 cm³/mol. The number of hydrogen-bond donors (Lipinski definition) is 3. The summed E-state index contributed by atoms with van der Waals surface area (Å²) >= 11 is 0. The summed E-state index contributed by atoms with van der Waals surface area (Å²) < 4.78 is 5.66. The minimum atomic E-state index is -1.39. The molecule has 0 fully saturated rings. The van der Waals surface area contributed by atoms with E-state index in [0.29, 0.717) is 17.2 Å². The second kappa shape index (κ2) is 8.05. The molecule has 0 saturated heterocycles. The highest BCUT2D eigenvalue weighted by Crippen LogP contribution is 2.23. The van der Waals surface area contributed by atoms with E-state index in [1.165, 1.54) is 12.1 Å². The number of rotatable bonds is 6. The average Bonchev–Trinajstić information content (AvgIpc) is 2.69. The topological polar surface area (TPSA) is 113 Å². The molecule has 3 rings (SSSR count). The molecular formula is C21H15NO6. The first kappa shape index (κ1) is 18.7. The third-order valence-corrected chi connectivity index (χ3v) is 3.83. The van der Waals surface area contributed by atoms with Crippen LogP contribution >= 0.6 is 0 Å². The molecule has 7 nitrogen and oxygen atoms in total. The van der Waals surface area contributed by atoms with Crippen molar-refractivity contribution in [1.82, 2.24) is 0 Å². The zero-order valence-electron chi connectivity index (χ0n) is 14.5. The van der Waals surface area contributed by atoms with E-state index >= 15 is 0 Å². The molecule has 0 radical (unpaired) electrons. The normalized spacial score (nSPS) is 10.1. The van der Waals surface area contributed by atoms with Crippen molar-refractivity contribution in [1.29, 1.82) is 0 Å². The van der Waals surface area contributed by atoms with E-state index in [1.807, 2.05) is 30.3 Å². The molecule has 0 aromatic heterocycles. The Balaban J connectivity index is 1.76. The summed E-state index contributed by atoms with van der Waals surface area (Å²) in [5.74, 6) is -2.08. The van der Waals surface area contributed by atoms with Gasteiger partial charge in [0, 0.05) is 5.69 Å². The van der Waals surface area contributed by atoms with Crippen molar-refractivity contribution in [3.8, 4) is 11.5 Å². The van der Waals surface area contributed by atoms with E-state index in [4.69, 9.17) is 9.84 Å². The van der Waals surface area contributed by atoms with Gasteiger partial charge in [-0.05, 0) is 54.6 Å². The van der Waals surface area contributed by atoms with Crippen molar-refractivity contribution in [3.63, 3.8) is 0 Å². The summed E-state index contributed by atoms with van der Waals surface area (Å²) in [6, 6.07) is 19.0. The number of carbonyl (C=O) groups is 3. The van der Waals surface area contributed by atoms with Gasteiger partial charge >= 0.3 is 11.9 Å². The number of carbonyl (C=O) groups excluding carboxylic acids is 1. The Bertz CT molecular complexity index is 1030. The number of para-hydroxylation sites is 1. The van der Waals surface area contributed by atoms with Crippen molar-refractivity contribution < 1.29 is 29.3 Å². The van der Waals surface area contributed by atoms with Crippen molar-refractivity contribution in [2.45, 2.75) is 0 Å². The molecule has 0 atom stereocenters. The van der Waals surface area contributed by atoms with Crippen LogP contribution in [0.1, 0.15) is 31.1 Å². The number of carboxylic acids is 2. The highest BCUT2D eigenvalue weighted by Gasteiger charge is 2.19. The van der Waals surface area contributed by atoms with Crippen molar-refractivity contribution in [2.24, 2.45) is 0 Å². The number of amides is 1. The van der Waals surface area contributed by atoms with Crippen molar-refractivity contribution >= 4 is 23.5 Å². The number of hydrogen-bond acceptors (Lipinski definition) is 4. The zero-order valence-corrected chi connectivity index (χ0v) is 14.5. The SMILES string of the molecule is O=C(O)c1ccc(C(=O)Nc2ccc(Oc3ccccc3)cc2)c(C(=O)O)c1. The first-order valence-corrected chi connectivity index (χ1v) is 8.19. The van der Waals surface area contributed by atoms with Crippen molar-refractivity contribution in [2.75, 3.05) is 5.32 Å². The lowest BCUT2D eigenvalue weighted by molar-refractivity contribution is 0.0692. The molecule has 0 unspecified atom stereocenters. The number of ether oxygens (including phenoxy) is 1. The van der Waals surface area contributed by atoms with E-state index in [2.05, 4.69) is 5.32 Å². The number of anilines is 1. The van der Waals surface area contributed by atoms with Gasteiger partial charge in [-0.1, -0.05) is 18.2 Å². The Labute approximate surface area is 159 Å². The summed E-state index contributed by atoms with van der Waals surface area (Å²) in [5, 5.41) is 20.8. The van der Waals surface area contributed by atoms with Crippen molar-refractivity contribution in [3.05, 3.63) is 89.5 Å². The van der Waals surface area contributed by atoms with Gasteiger partial charge in [0.05, 0.1) is 16.7 Å². The third kappa shape index (κ3) is 4.34. The lowest BCUT2D eigenvalue weighted by Crippen LogP contribution is -2.17. The molecule has 0 saturated carbocycles. The number of benzene rings is 3. The smallest absolute Gasteiger partial charge is 0.336 e. The highest BCUT2D eigenvalue weighted by molar-refractivity contribution is 6.11. The Hall–Kier alpha value is -4.13. The maximum absolute atomic E-state index is 12.4. The minimum absolute atomic E-state index is 0.137. The van der Waals surface area contributed by atoms with Gasteiger partial charge < -0.3 is 20.3 Å². The highest BCUT2D eigenvalue weighted by atomic mass is 16.5. The van der Waals surface area contributed by atoms with Gasteiger partial charge in [-0.2, -0.15) is 0 Å². The van der Waals surface area contributed by atoms with Crippen LogP contribution in [-0.2, 0) is 0 Å². The summed E-state index contributed by atoms with van der Waals surface area (Å²) in [5.41, 5.74) is -0.302. The van der Waals surface area contributed by atoms with Gasteiger partial charge in [0.2, 0.25) is 0 Å². The summed E-state index contributed by atoms with van der Waals surface area (Å²) in [6.45, 7) is 0. The Morgan fingerprint density at radius 3 is 1.96 bits per heavy atom. The molecule has 0 aliphatic carbocycles. The molecule has 140 valence electrons. The molecular weight excluding hydrogens is 362 g/mol. The van der Waals surface area contributed by atoms with E-state index in [0.717, 1.165) is 6.07 Å². The Morgan fingerprint density at radius 1 is 0.714 bits per heavy atom. The van der Waals surface area contributed by atoms with Crippen LogP contribution in [0.25, 0.3) is 0 Å². The van der Waals surface area contributed by atoms with E-state index in [9.17, 15) is 19.5 Å². The third-order valence-electron chi connectivity index (χ3n) is 3.83. The average molecular weight is 377 g/mol. The first-order chi connectivity index (χ1) is 13.4. The van der Waals surface area contributed by atoms with Crippen LogP contribution in [0.2, 0.25) is 0 Å². The summed E-state index contributed by atoms with van der Waals surface area (Å²) in [4.78, 5) is 34.8. The minimum Gasteiger partial charge on any atom is -0.478 e. The van der Waals surface area contributed by atoms with Gasteiger partial charge in [0.25, 0.3) is 5.91 Å². The van der Waals surface area contributed by atoms with Crippen LogP contribution in [0.4, 0.5) is 5.69 Å². The predicted octanol–water partition coefficient (Wildman–Crippen LogP) is 4.13. The molecule has 28 heavy (non-hydrogen) atoms. The van der Waals surface area contributed by atoms with Crippen LogP contribution in [-0.4, -0.2) is 28.1 Å². The van der Waals surface area contributed by atoms with Gasteiger partial charge in [0.1, 0.15) is 11.5 Å². The van der Waals surface area contributed by atoms with Gasteiger partial charge in [-0.15, -0.1) is 0 Å². The molecule has 1 amide bonds.